The zero-order valence-electron chi connectivity index (χ0n) is 11.5. The van der Waals surface area contributed by atoms with Crippen LogP contribution in [0.5, 0.6) is 0 Å². The van der Waals surface area contributed by atoms with Gasteiger partial charge in [0.15, 0.2) is 0 Å². The molecular formula is C12H23ClN4O. The lowest BCUT2D eigenvalue weighted by atomic mass is 10.1. The quantitative estimate of drug-likeness (QED) is 0.769. The number of nitrogens with one attached hydrogen (secondary N) is 2. The van der Waals surface area contributed by atoms with E-state index in [1.807, 2.05) is 20.2 Å². The summed E-state index contributed by atoms with van der Waals surface area (Å²) in [7, 11) is 3.77. The minimum atomic E-state index is -0.0939. The van der Waals surface area contributed by atoms with Gasteiger partial charge in [0.05, 0.1) is 0 Å². The van der Waals surface area contributed by atoms with Gasteiger partial charge in [0, 0.05) is 19.3 Å². The van der Waals surface area contributed by atoms with E-state index in [-0.39, 0.29) is 18.3 Å². The fourth-order valence-corrected chi connectivity index (χ4v) is 1.69. The van der Waals surface area contributed by atoms with Crippen LogP contribution in [0.2, 0.25) is 0 Å². The highest BCUT2D eigenvalue weighted by molar-refractivity contribution is 5.92. The highest BCUT2D eigenvalue weighted by atomic mass is 35.5. The van der Waals surface area contributed by atoms with Crippen molar-refractivity contribution in [3.8, 4) is 0 Å². The third-order valence-electron chi connectivity index (χ3n) is 2.63. The summed E-state index contributed by atoms with van der Waals surface area (Å²) in [5, 5.41) is 10.1. The molecule has 0 unspecified atom stereocenters. The fraction of sp³-hybridized carbons (Fsp3) is 0.667. The van der Waals surface area contributed by atoms with Crippen LogP contribution in [0.15, 0.2) is 6.07 Å². The maximum Gasteiger partial charge on any atom is 0.271 e. The summed E-state index contributed by atoms with van der Waals surface area (Å²) in [4.78, 5) is 11.8. The molecule has 18 heavy (non-hydrogen) atoms. The minimum Gasteiger partial charge on any atom is -0.351 e. The molecule has 6 heteroatoms. The summed E-state index contributed by atoms with van der Waals surface area (Å²) in [5.41, 5.74) is 1.58. The Labute approximate surface area is 115 Å². The molecule has 0 radical (unpaired) electrons. The topological polar surface area (TPSA) is 58.9 Å². The Hall–Kier alpha value is -1.07. The van der Waals surface area contributed by atoms with Crippen molar-refractivity contribution in [2.24, 2.45) is 7.05 Å². The van der Waals surface area contributed by atoms with Gasteiger partial charge < -0.3 is 10.6 Å². The number of hydrogen-bond donors (Lipinski definition) is 2. The van der Waals surface area contributed by atoms with Crippen molar-refractivity contribution < 1.29 is 4.79 Å². The van der Waals surface area contributed by atoms with Gasteiger partial charge in [-0.15, -0.1) is 12.4 Å². The number of halogens is 1. The van der Waals surface area contributed by atoms with Gasteiger partial charge in [-0.25, -0.2) is 0 Å². The highest BCUT2D eigenvalue weighted by Gasteiger charge is 2.13. The Morgan fingerprint density at radius 3 is 2.61 bits per heavy atom. The highest BCUT2D eigenvalue weighted by Crippen LogP contribution is 2.14. The molecule has 1 heterocycles. The number of aromatic nitrogens is 2. The predicted molar refractivity (Wildman–Crippen MR) is 75.4 cm³/mol. The van der Waals surface area contributed by atoms with E-state index >= 15 is 0 Å². The maximum absolute atomic E-state index is 11.8. The van der Waals surface area contributed by atoms with Crippen LogP contribution in [0.1, 0.15) is 42.4 Å². The van der Waals surface area contributed by atoms with Crippen LogP contribution < -0.4 is 10.6 Å². The maximum atomic E-state index is 11.8. The molecule has 0 saturated heterocycles. The van der Waals surface area contributed by atoms with Crippen molar-refractivity contribution in [3.05, 3.63) is 17.5 Å². The molecule has 1 amide bonds. The van der Waals surface area contributed by atoms with E-state index in [0.29, 0.717) is 18.2 Å². The zero-order valence-corrected chi connectivity index (χ0v) is 12.3. The second-order valence-electron chi connectivity index (χ2n) is 4.45. The second kappa shape index (κ2) is 8.11. The molecule has 1 aromatic heterocycles. The molecule has 0 fully saturated rings. The second-order valence-corrected chi connectivity index (χ2v) is 4.45. The zero-order chi connectivity index (χ0) is 12.8. The summed E-state index contributed by atoms with van der Waals surface area (Å²) >= 11 is 0. The molecule has 1 aromatic rings. The smallest absolute Gasteiger partial charge is 0.271 e. The van der Waals surface area contributed by atoms with Crippen LogP contribution in [0, 0.1) is 0 Å². The van der Waals surface area contributed by atoms with Gasteiger partial charge in [-0.1, -0.05) is 13.8 Å². The molecule has 2 N–H and O–H groups in total. The average molecular weight is 275 g/mol. The summed E-state index contributed by atoms with van der Waals surface area (Å²) in [5.74, 6) is 0.280. The van der Waals surface area contributed by atoms with Crippen LogP contribution >= 0.6 is 12.4 Å². The van der Waals surface area contributed by atoms with Crippen LogP contribution in [0.25, 0.3) is 0 Å². The van der Waals surface area contributed by atoms with E-state index in [9.17, 15) is 4.79 Å². The van der Waals surface area contributed by atoms with E-state index in [1.165, 1.54) is 0 Å². The van der Waals surface area contributed by atoms with Crippen LogP contribution in [-0.2, 0) is 7.05 Å². The Balaban J connectivity index is 0.00000289. The van der Waals surface area contributed by atoms with Gasteiger partial charge in [-0.05, 0) is 32.0 Å². The molecule has 0 atom stereocenters. The number of nitrogens with zero attached hydrogens (tertiary/aromatic N) is 2. The van der Waals surface area contributed by atoms with Crippen molar-refractivity contribution in [1.29, 1.82) is 0 Å². The first kappa shape index (κ1) is 16.9. The third-order valence-corrected chi connectivity index (χ3v) is 2.63. The number of carbonyl (C=O) groups excluding carboxylic acids is 1. The summed E-state index contributed by atoms with van der Waals surface area (Å²) in [6.07, 6.45) is 0.923. The molecule has 0 aliphatic heterocycles. The van der Waals surface area contributed by atoms with E-state index in [1.54, 1.807) is 4.68 Å². The molecule has 0 bridgehead atoms. The van der Waals surface area contributed by atoms with E-state index in [2.05, 4.69) is 29.6 Å². The molecule has 0 aromatic carbocycles. The standard InChI is InChI=1S/C12H22N4O.ClH/c1-9(2)11-8-10(15-16(11)4)12(17)14-7-5-6-13-3;/h8-9,13H,5-7H2,1-4H3,(H,14,17);1H. The van der Waals surface area contributed by atoms with Gasteiger partial charge in [-0.2, -0.15) is 5.10 Å². The largest absolute Gasteiger partial charge is 0.351 e. The van der Waals surface area contributed by atoms with Gasteiger partial charge in [0.1, 0.15) is 5.69 Å². The molecule has 0 spiro atoms. The first-order valence-corrected chi connectivity index (χ1v) is 6.03. The Bertz CT molecular complexity index is 376. The molecule has 104 valence electrons. The van der Waals surface area contributed by atoms with Crippen LogP contribution in [0.4, 0.5) is 0 Å². The third kappa shape index (κ3) is 4.66. The predicted octanol–water partition coefficient (Wildman–Crippen LogP) is 1.30. The van der Waals surface area contributed by atoms with Crippen molar-refractivity contribution in [2.45, 2.75) is 26.2 Å². The molecular weight excluding hydrogens is 252 g/mol. The van der Waals surface area contributed by atoms with E-state index in [0.717, 1.165) is 18.7 Å². The van der Waals surface area contributed by atoms with Crippen molar-refractivity contribution >= 4 is 18.3 Å². The fourth-order valence-electron chi connectivity index (χ4n) is 1.69. The van der Waals surface area contributed by atoms with Crippen molar-refractivity contribution in [2.75, 3.05) is 20.1 Å². The minimum absolute atomic E-state index is 0. The number of amides is 1. The molecule has 0 aliphatic rings. The molecule has 1 rings (SSSR count). The Morgan fingerprint density at radius 2 is 2.11 bits per heavy atom. The Morgan fingerprint density at radius 1 is 1.44 bits per heavy atom. The number of aryl methyl sites for hydroxylation is 1. The van der Waals surface area contributed by atoms with Gasteiger partial charge >= 0.3 is 0 Å². The van der Waals surface area contributed by atoms with Crippen molar-refractivity contribution in [3.63, 3.8) is 0 Å². The first-order valence-electron chi connectivity index (χ1n) is 6.03. The molecule has 0 saturated carbocycles. The summed E-state index contributed by atoms with van der Waals surface area (Å²) in [6, 6.07) is 1.86. The van der Waals surface area contributed by atoms with Crippen LogP contribution in [-0.4, -0.2) is 35.8 Å². The van der Waals surface area contributed by atoms with Gasteiger partial charge in [0.2, 0.25) is 0 Å². The lowest BCUT2D eigenvalue weighted by molar-refractivity contribution is 0.0947. The molecule has 0 aliphatic carbocycles. The Kier molecular flexibility index (Phi) is 7.62. The van der Waals surface area contributed by atoms with Gasteiger partial charge in [0.25, 0.3) is 5.91 Å². The summed E-state index contributed by atoms with van der Waals surface area (Å²) in [6.45, 7) is 5.75. The monoisotopic (exact) mass is 274 g/mol. The first-order chi connectivity index (χ1) is 8.06. The van der Waals surface area contributed by atoms with Crippen molar-refractivity contribution in [1.82, 2.24) is 20.4 Å². The van der Waals surface area contributed by atoms with Crippen LogP contribution in [0.3, 0.4) is 0 Å². The molecule has 5 nitrogen and oxygen atoms in total. The number of carbonyl (C=O) groups is 1. The normalized spacial score (nSPS) is 10.3. The lowest BCUT2D eigenvalue weighted by Crippen LogP contribution is -2.27. The number of hydrogen-bond acceptors (Lipinski definition) is 3. The lowest BCUT2D eigenvalue weighted by Gasteiger charge is -2.02. The van der Waals surface area contributed by atoms with E-state index < -0.39 is 0 Å². The SMILES string of the molecule is CNCCCNC(=O)c1cc(C(C)C)n(C)n1.Cl. The van der Waals surface area contributed by atoms with Gasteiger partial charge in [-0.3, -0.25) is 9.48 Å². The average Bonchev–Trinajstić information content (AvgIpc) is 2.66. The van der Waals surface area contributed by atoms with E-state index in [4.69, 9.17) is 0 Å². The summed E-state index contributed by atoms with van der Waals surface area (Å²) < 4.78 is 1.77. The number of rotatable bonds is 6.